The molecule has 1 aliphatic heterocycles. The third-order valence-corrected chi connectivity index (χ3v) is 13.4. The van der Waals surface area contributed by atoms with Gasteiger partial charge in [-0.2, -0.15) is 10.4 Å². The van der Waals surface area contributed by atoms with Gasteiger partial charge in [-0.1, -0.05) is 84.3 Å². The molecule has 1 saturated carbocycles. The molecule has 1 aliphatic carbocycles. The van der Waals surface area contributed by atoms with Crippen LogP contribution in [0.5, 0.6) is 5.75 Å². The summed E-state index contributed by atoms with van der Waals surface area (Å²) in [6.07, 6.45) is 5.36. The Bertz CT molecular complexity index is 2340. The maximum absolute atomic E-state index is 13.9. The molecule has 18 heteroatoms. The van der Waals surface area contributed by atoms with E-state index in [4.69, 9.17) is 25.8 Å². The lowest BCUT2D eigenvalue weighted by Crippen LogP contribution is -2.74. The second-order valence-corrected chi connectivity index (χ2v) is 20.5. The van der Waals surface area contributed by atoms with E-state index in [9.17, 15) is 29.5 Å². The number of halogens is 1. The molecule has 4 amide bonds. The molecule has 2 aromatic heterocycles. The summed E-state index contributed by atoms with van der Waals surface area (Å²) < 4.78 is 19.4. The van der Waals surface area contributed by atoms with E-state index in [0.717, 1.165) is 16.0 Å². The molecule has 3 heterocycles. The van der Waals surface area contributed by atoms with E-state index in [0.29, 0.717) is 61.1 Å². The summed E-state index contributed by atoms with van der Waals surface area (Å²) >= 11 is 7.77. The first kappa shape index (κ1) is 50.0. The molecular formula is C48H61ClN8O8S. The summed E-state index contributed by atoms with van der Waals surface area (Å²) in [5, 5.41) is 33.3. The maximum atomic E-state index is 13.9. The number of amides is 4. The first-order valence-electron chi connectivity index (χ1n) is 22.2. The van der Waals surface area contributed by atoms with Crippen molar-refractivity contribution in [1.82, 2.24) is 35.6 Å². The molecule has 1 saturated heterocycles. The molecule has 0 bridgehead atoms. The highest BCUT2D eigenvalue weighted by atomic mass is 35.5. The van der Waals surface area contributed by atoms with Crippen molar-refractivity contribution in [2.24, 2.45) is 16.2 Å². The van der Waals surface area contributed by atoms with Crippen molar-refractivity contribution >= 4 is 46.6 Å². The standard InChI is InChI=1S/C48H61ClN8O8S/c1-46(2,3)40(43(62)57-27-34(58)20-37(57)42(61)52-23-30-10-12-31(13-11-30)38-25-51-29-66-38)54-39(59)28-64-18-9-8-17-63-19-16-56-26-33(24-53-56)41(60)55-44-47(4,5)45(48(44,6)7)65-35-15-14-32(22-50)36(49)21-35/h10-15,21,24-26,29,34,37,40,44-45,58H,8-9,16-20,23,27-28H2,1-7H3,(H,52,61)(H,54,59)(H,55,60)/t34-,37?,40-,44?,45?/m1/s1. The molecule has 66 heavy (non-hydrogen) atoms. The largest absolute Gasteiger partial charge is 0.489 e. The molecule has 6 rings (SSSR count). The normalized spacial score (nSPS) is 20.2. The zero-order valence-electron chi connectivity index (χ0n) is 38.6. The number of nitrogens with one attached hydrogen (secondary N) is 3. The highest BCUT2D eigenvalue weighted by Crippen LogP contribution is 2.55. The Labute approximate surface area is 395 Å². The Kier molecular flexibility index (Phi) is 16.3. The number of nitriles is 1. The second kappa shape index (κ2) is 21.5. The van der Waals surface area contributed by atoms with Crippen LogP contribution in [-0.4, -0.2) is 112 Å². The number of benzene rings is 2. The van der Waals surface area contributed by atoms with Crippen molar-refractivity contribution in [1.29, 1.82) is 5.26 Å². The predicted octanol–water partition coefficient (Wildman–Crippen LogP) is 5.77. The fourth-order valence-electron chi connectivity index (χ4n) is 9.02. The van der Waals surface area contributed by atoms with Gasteiger partial charge in [-0.25, -0.2) is 0 Å². The molecule has 16 nitrogen and oxygen atoms in total. The lowest BCUT2D eigenvalue weighted by Gasteiger charge is -2.63. The maximum Gasteiger partial charge on any atom is 0.254 e. The molecule has 2 aromatic carbocycles. The van der Waals surface area contributed by atoms with Gasteiger partial charge in [0.2, 0.25) is 17.7 Å². The number of likely N-dealkylation sites (tertiary alicyclic amines) is 1. The number of aliphatic hydroxyl groups excluding tert-OH is 1. The van der Waals surface area contributed by atoms with Gasteiger partial charge in [0.05, 0.1) is 52.0 Å². The molecule has 1 unspecified atom stereocenters. The van der Waals surface area contributed by atoms with E-state index in [2.05, 4.69) is 32.1 Å². The molecule has 2 fully saturated rings. The lowest BCUT2D eigenvalue weighted by atomic mass is 9.49. The van der Waals surface area contributed by atoms with Crippen LogP contribution in [0.15, 0.2) is 66.6 Å². The average molecular weight is 946 g/mol. The zero-order chi connectivity index (χ0) is 47.8. The van der Waals surface area contributed by atoms with E-state index < -0.39 is 46.2 Å². The SMILES string of the molecule is CC1(C)C(NC(=O)c2cnn(CCOCCCCOCC(=O)N[C@H](C(=O)N3C[C@H](O)CC3C(=O)NCc3ccc(-c4cncs4)cc3)C(C)(C)C)c2)C(C)(C)C1Oc1ccc(C#N)c(Cl)c1. The summed E-state index contributed by atoms with van der Waals surface area (Å²) in [4.78, 5) is 60.2. The van der Waals surface area contributed by atoms with E-state index in [1.54, 1.807) is 52.1 Å². The molecule has 354 valence electrons. The Balaban J connectivity index is 0.862. The summed E-state index contributed by atoms with van der Waals surface area (Å²) in [6, 6.07) is 12.8. The summed E-state index contributed by atoms with van der Waals surface area (Å²) in [5.74, 6) is -0.941. The smallest absolute Gasteiger partial charge is 0.254 e. The van der Waals surface area contributed by atoms with Gasteiger partial charge in [0.15, 0.2) is 0 Å². The lowest BCUT2D eigenvalue weighted by molar-refractivity contribution is -0.164. The van der Waals surface area contributed by atoms with Gasteiger partial charge in [0.25, 0.3) is 5.91 Å². The number of hydrogen-bond acceptors (Lipinski definition) is 12. The van der Waals surface area contributed by atoms with Gasteiger partial charge < -0.3 is 40.2 Å². The number of unbranched alkanes of at least 4 members (excludes halogenated alkanes) is 1. The minimum atomic E-state index is -0.958. The van der Waals surface area contributed by atoms with E-state index >= 15 is 0 Å². The molecule has 0 radical (unpaired) electrons. The quantitative estimate of drug-likeness (QED) is 0.0783. The topological polar surface area (TPSA) is 210 Å². The predicted molar refractivity (Wildman–Crippen MR) is 249 cm³/mol. The van der Waals surface area contributed by atoms with Crippen molar-refractivity contribution in [2.75, 3.05) is 33.0 Å². The van der Waals surface area contributed by atoms with E-state index in [1.807, 2.05) is 72.7 Å². The number of aromatic nitrogens is 3. The number of thiazole rings is 1. The van der Waals surface area contributed by atoms with Gasteiger partial charge in [0.1, 0.15) is 36.6 Å². The van der Waals surface area contributed by atoms with Crippen molar-refractivity contribution in [3.8, 4) is 22.3 Å². The van der Waals surface area contributed by atoms with E-state index in [1.165, 1.54) is 11.1 Å². The molecule has 3 atom stereocenters. The van der Waals surface area contributed by atoms with Crippen molar-refractivity contribution in [2.45, 2.75) is 111 Å². The van der Waals surface area contributed by atoms with Crippen LogP contribution in [0.25, 0.3) is 10.4 Å². The first-order chi connectivity index (χ1) is 31.3. The summed E-state index contributed by atoms with van der Waals surface area (Å²) in [7, 11) is 0. The van der Waals surface area contributed by atoms with Crippen LogP contribution in [0.3, 0.4) is 0 Å². The van der Waals surface area contributed by atoms with Gasteiger partial charge in [0, 0.05) is 68.1 Å². The molecule has 4 N–H and O–H groups in total. The number of carbonyl (C=O) groups is 4. The number of β-amino-alcohol motifs (C(OH)–C–C–N with tert-alkyl or cyclic N) is 1. The van der Waals surface area contributed by atoms with Crippen LogP contribution in [0.4, 0.5) is 0 Å². The van der Waals surface area contributed by atoms with Crippen LogP contribution in [-0.2, 0) is 36.9 Å². The van der Waals surface area contributed by atoms with Gasteiger partial charge in [-0.3, -0.25) is 28.8 Å². The Morgan fingerprint density at radius 1 is 1.02 bits per heavy atom. The summed E-state index contributed by atoms with van der Waals surface area (Å²) in [6.45, 7) is 15.3. The van der Waals surface area contributed by atoms with Gasteiger partial charge in [-0.05, 0) is 41.5 Å². The molecular weight excluding hydrogens is 884 g/mol. The minimum Gasteiger partial charge on any atom is -0.489 e. The van der Waals surface area contributed by atoms with Crippen LogP contribution >= 0.6 is 22.9 Å². The number of nitrogens with zero attached hydrogens (tertiary/aromatic N) is 5. The highest BCUT2D eigenvalue weighted by molar-refractivity contribution is 7.13. The molecule has 2 aliphatic rings. The third kappa shape index (κ3) is 12.1. The monoisotopic (exact) mass is 944 g/mol. The molecule has 4 aromatic rings. The minimum absolute atomic E-state index is 0.0163. The molecule has 0 spiro atoms. The van der Waals surface area contributed by atoms with Crippen LogP contribution in [0.2, 0.25) is 5.02 Å². The highest BCUT2D eigenvalue weighted by Gasteiger charge is 2.64. The number of aliphatic hydroxyl groups is 1. The number of carbonyl (C=O) groups excluding carboxylic acids is 4. The number of rotatable bonds is 20. The van der Waals surface area contributed by atoms with Crippen molar-refractivity contribution in [3.05, 3.63) is 88.3 Å². The van der Waals surface area contributed by atoms with Crippen molar-refractivity contribution in [3.63, 3.8) is 0 Å². The van der Waals surface area contributed by atoms with E-state index in [-0.39, 0.29) is 50.1 Å². The van der Waals surface area contributed by atoms with Gasteiger partial charge in [-0.15, -0.1) is 11.3 Å². The fraction of sp³-hybridized carbons (Fsp3) is 0.521. The number of ether oxygens (including phenoxy) is 3. The number of hydrogen-bond donors (Lipinski definition) is 4. The Morgan fingerprint density at radius 3 is 2.38 bits per heavy atom. The van der Waals surface area contributed by atoms with Crippen molar-refractivity contribution < 1.29 is 38.5 Å². The Hall–Kier alpha value is -5.38. The Morgan fingerprint density at radius 2 is 1.73 bits per heavy atom. The van der Waals surface area contributed by atoms with Crippen LogP contribution in [0.1, 0.15) is 89.2 Å². The first-order valence-corrected chi connectivity index (χ1v) is 23.4. The summed E-state index contributed by atoms with van der Waals surface area (Å²) in [5.41, 5.74) is 3.01. The zero-order valence-corrected chi connectivity index (χ0v) is 40.2. The fourth-order valence-corrected chi connectivity index (χ4v) is 9.86. The average Bonchev–Trinajstić information content (AvgIpc) is 4.07. The second-order valence-electron chi connectivity index (χ2n) is 19.2. The van der Waals surface area contributed by atoms with Gasteiger partial charge >= 0.3 is 0 Å². The van der Waals surface area contributed by atoms with Crippen LogP contribution in [0, 0.1) is 27.6 Å². The van der Waals surface area contributed by atoms with Crippen LogP contribution < -0.4 is 20.7 Å². The third-order valence-electron chi connectivity index (χ3n) is 12.3.